The zero-order valence-electron chi connectivity index (χ0n) is 9.80. The molecule has 0 bridgehead atoms. The van der Waals surface area contributed by atoms with E-state index < -0.39 is 0 Å². The molecule has 0 saturated heterocycles. The van der Waals surface area contributed by atoms with Gasteiger partial charge < -0.3 is 15.6 Å². The van der Waals surface area contributed by atoms with E-state index in [9.17, 15) is 4.79 Å². The van der Waals surface area contributed by atoms with Crippen molar-refractivity contribution in [2.45, 2.75) is 12.8 Å². The Morgan fingerprint density at radius 3 is 2.72 bits per heavy atom. The van der Waals surface area contributed by atoms with Crippen LogP contribution in [0, 0.1) is 0 Å². The first-order valence-corrected chi connectivity index (χ1v) is 5.66. The number of carbonyl (C=O) groups excluding carboxylic acids is 1. The Labute approximate surface area is 104 Å². The maximum Gasteiger partial charge on any atom is 0.224 e. The highest BCUT2D eigenvalue weighted by Crippen LogP contribution is 2.17. The van der Waals surface area contributed by atoms with Crippen molar-refractivity contribution >= 4 is 11.6 Å². The van der Waals surface area contributed by atoms with Gasteiger partial charge in [-0.25, -0.2) is 0 Å². The molecular formula is C12H14N4O2. The second kappa shape index (κ2) is 5.92. The minimum atomic E-state index is -0.0345. The van der Waals surface area contributed by atoms with Crippen LogP contribution in [0.25, 0.3) is 11.4 Å². The Morgan fingerprint density at radius 1 is 1.33 bits per heavy atom. The third-order valence-corrected chi connectivity index (χ3v) is 2.40. The Kier molecular flexibility index (Phi) is 4.03. The van der Waals surface area contributed by atoms with Crippen molar-refractivity contribution in [3.8, 4) is 11.4 Å². The maximum absolute atomic E-state index is 11.5. The van der Waals surface area contributed by atoms with Gasteiger partial charge in [-0.2, -0.15) is 4.98 Å². The van der Waals surface area contributed by atoms with Crippen LogP contribution >= 0.6 is 0 Å². The van der Waals surface area contributed by atoms with Gasteiger partial charge in [-0.1, -0.05) is 5.16 Å². The number of rotatable bonds is 5. The van der Waals surface area contributed by atoms with E-state index in [1.54, 1.807) is 12.1 Å². The number of carbonyl (C=O) groups is 1. The van der Waals surface area contributed by atoms with Crippen molar-refractivity contribution in [3.63, 3.8) is 0 Å². The normalized spacial score (nSPS) is 10.3. The molecule has 94 valence electrons. The molecule has 18 heavy (non-hydrogen) atoms. The van der Waals surface area contributed by atoms with Crippen LogP contribution in [0.2, 0.25) is 0 Å². The van der Waals surface area contributed by atoms with Crippen molar-refractivity contribution < 1.29 is 9.32 Å². The summed E-state index contributed by atoms with van der Waals surface area (Å²) in [7, 11) is 0. The Bertz CT molecular complexity index is 493. The summed E-state index contributed by atoms with van der Waals surface area (Å²) >= 11 is 0. The number of nitrogens with zero attached hydrogens (tertiary/aromatic N) is 2. The molecule has 0 fully saturated rings. The summed E-state index contributed by atoms with van der Waals surface area (Å²) in [5.41, 5.74) is 6.92. The molecule has 1 heterocycles. The second-order valence-electron chi connectivity index (χ2n) is 3.77. The molecule has 0 saturated carbocycles. The van der Waals surface area contributed by atoms with Crippen LogP contribution in [0.4, 0.5) is 5.69 Å². The number of nitrogens with two attached hydrogens (primary N) is 1. The number of hydrogen-bond acceptors (Lipinski definition) is 5. The van der Waals surface area contributed by atoms with E-state index in [-0.39, 0.29) is 5.91 Å². The molecule has 0 aliphatic rings. The average Bonchev–Trinajstić information content (AvgIpc) is 2.91. The first-order chi connectivity index (χ1) is 8.79. The van der Waals surface area contributed by atoms with E-state index >= 15 is 0 Å². The Balaban J connectivity index is 1.98. The van der Waals surface area contributed by atoms with Crippen molar-refractivity contribution in [2.24, 2.45) is 5.73 Å². The summed E-state index contributed by atoms with van der Waals surface area (Å²) in [6, 6.07) is 7.24. The van der Waals surface area contributed by atoms with Gasteiger partial charge >= 0.3 is 0 Å². The molecule has 0 atom stereocenters. The number of anilines is 1. The van der Waals surface area contributed by atoms with Crippen molar-refractivity contribution in [3.05, 3.63) is 30.7 Å². The lowest BCUT2D eigenvalue weighted by molar-refractivity contribution is -0.116. The molecule has 1 aromatic heterocycles. The largest absolute Gasteiger partial charge is 0.342 e. The third-order valence-electron chi connectivity index (χ3n) is 2.40. The highest BCUT2D eigenvalue weighted by molar-refractivity contribution is 5.90. The van der Waals surface area contributed by atoms with Gasteiger partial charge in [0.15, 0.2) is 0 Å². The molecular weight excluding hydrogens is 232 g/mol. The van der Waals surface area contributed by atoms with Gasteiger partial charge in [0.1, 0.15) is 0 Å². The summed E-state index contributed by atoms with van der Waals surface area (Å²) in [4.78, 5) is 15.4. The highest BCUT2D eigenvalue weighted by atomic mass is 16.5. The lowest BCUT2D eigenvalue weighted by Gasteiger charge is -2.04. The smallest absolute Gasteiger partial charge is 0.224 e. The first-order valence-electron chi connectivity index (χ1n) is 5.66. The van der Waals surface area contributed by atoms with Gasteiger partial charge in [0, 0.05) is 17.7 Å². The Hall–Kier alpha value is -2.21. The lowest BCUT2D eigenvalue weighted by Crippen LogP contribution is -2.13. The zero-order valence-corrected chi connectivity index (χ0v) is 9.80. The quantitative estimate of drug-likeness (QED) is 0.831. The number of benzene rings is 1. The molecule has 0 radical (unpaired) electrons. The van der Waals surface area contributed by atoms with E-state index in [2.05, 4.69) is 20.0 Å². The Morgan fingerprint density at radius 2 is 2.11 bits per heavy atom. The van der Waals surface area contributed by atoms with E-state index in [4.69, 9.17) is 5.73 Å². The van der Waals surface area contributed by atoms with E-state index in [1.165, 1.54) is 6.39 Å². The standard InChI is InChI=1S/C12H14N4O2/c13-7-1-2-11(17)15-10-5-3-9(4-6-10)12-14-8-18-16-12/h3-6,8H,1-2,7,13H2,(H,15,17). The molecule has 2 rings (SSSR count). The number of aromatic nitrogens is 2. The summed E-state index contributed by atoms with van der Waals surface area (Å²) in [6.45, 7) is 0.518. The minimum Gasteiger partial charge on any atom is -0.342 e. The van der Waals surface area contributed by atoms with E-state index in [0.717, 1.165) is 11.3 Å². The van der Waals surface area contributed by atoms with Gasteiger partial charge in [0.05, 0.1) is 0 Å². The minimum absolute atomic E-state index is 0.0345. The summed E-state index contributed by atoms with van der Waals surface area (Å²) < 4.78 is 4.67. The van der Waals surface area contributed by atoms with Gasteiger partial charge in [-0.05, 0) is 37.2 Å². The lowest BCUT2D eigenvalue weighted by atomic mass is 10.2. The molecule has 1 aromatic carbocycles. The fourth-order valence-corrected chi connectivity index (χ4v) is 1.49. The van der Waals surface area contributed by atoms with Gasteiger partial charge in [0.2, 0.25) is 18.1 Å². The van der Waals surface area contributed by atoms with Gasteiger partial charge in [-0.3, -0.25) is 4.79 Å². The van der Waals surface area contributed by atoms with Gasteiger partial charge in [0.25, 0.3) is 0 Å². The molecule has 0 spiro atoms. The van der Waals surface area contributed by atoms with Gasteiger partial charge in [-0.15, -0.1) is 0 Å². The second-order valence-corrected chi connectivity index (χ2v) is 3.77. The van der Waals surface area contributed by atoms with Crippen LogP contribution in [0.1, 0.15) is 12.8 Å². The molecule has 0 aliphatic carbocycles. The fraction of sp³-hybridized carbons (Fsp3) is 0.250. The van der Waals surface area contributed by atoms with Crippen LogP contribution in [0.3, 0.4) is 0 Å². The summed E-state index contributed by atoms with van der Waals surface area (Å²) in [5, 5.41) is 6.52. The van der Waals surface area contributed by atoms with Crippen LogP contribution in [-0.2, 0) is 4.79 Å². The first kappa shape index (κ1) is 12.3. The van der Waals surface area contributed by atoms with Crippen molar-refractivity contribution in [1.82, 2.24) is 10.1 Å². The zero-order chi connectivity index (χ0) is 12.8. The third kappa shape index (κ3) is 3.14. The molecule has 1 amide bonds. The van der Waals surface area contributed by atoms with Crippen molar-refractivity contribution in [2.75, 3.05) is 11.9 Å². The van der Waals surface area contributed by atoms with Crippen molar-refractivity contribution in [1.29, 1.82) is 0 Å². The topological polar surface area (TPSA) is 94.0 Å². The molecule has 6 nitrogen and oxygen atoms in total. The van der Waals surface area contributed by atoms with E-state index in [1.807, 2.05) is 12.1 Å². The number of amides is 1. The predicted molar refractivity (Wildman–Crippen MR) is 66.7 cm³/mol. The van der Waals surface area contributed by atoms with Crippen LogP contribution in [-0.4, -0.2) is 22.6 Å². The average molecular weight is 246 g/mol. The summed E-state index contributed by atoms with van der Waals surface area (Å²) in [6.07, 6.45) is 2.40. The molecule has 3 N–H and O–H groups in total. The number of nitrogens with one attached hydrogen (secondary N) is 1. The maximum atomic E-state index is 11.5. The van der Waals surface area contributed by atoms with E-state index in [0.29, 0.717) is 25.2 Å². The van der Waals surface area contributed by atoms with Crippen LogP contribution in [0.15, 0.2) is 35.2 Å². The van der Waals surface area contributed by atoms with Crippen LogP contribution in [0.5, 0.6) is 0 Å². The molecule has 0 unspecified atom stereocenters. The molecule has 6 heteroatoms. The number of hydrogen-bond donors (Lipinski definition) is 2. The fourth-order valence-electron chi connectivity index (χ4n) is 1.49. The van der Waals surface area contributed by atoms with Crippen LogP contribution < -0.4 is 11.1 Å². The predicted octanol–water partition coefficient (Wildman–Crippen LogP) is 1.41. The monoisotopic (exact) mass is 246 g/mol. The molecule has 0 aliphatic heterocycles. The molecule has 2 aromatic rings. The highest BCUT2D eigenvalue weighted by Gasteiger charge is 2.04. The summed E-state index contributed by atoms with van der Waals surface area (Å²) in [5.74, 6) is 0.490. The SMILES string of the molecule is NCCCC(=O)Nc1ccc(-c2ncon2)cc1.